The van der Waals surface area contributed by atoms with Crippen molar-refractivity contribution in [1.82, 2.24) is 4.98 Å². The Balaban J connectivity index is 2.13. The molecular formula is C15H18N2OSi. The minimum Gasteiger partial charge on any atom is -0.449 e. The van der Waals surface area contributed by atoms with Crippen LogP contribution >= 0.6 is 0 Å². The lowest BCUT2D eigenvalue weighted by molar-refractivity contribution is 0.340. The first-order chi connectivity index (χ1) is 9.09. The molecule has 0 fully saturated rings. The van der Waals surface area contributed by atoms with Crippen molar-refractivity contribution in [2.75, 3.05) is 0 Å². The Labute approximate surface area is 115 Å². The fourth-order valence-corrected chi connectivity index (χ4v) is 3.16. The van der Waals surface area contributed by atoms with E-state index in [4.69, 9.17) is 4.53 Å². The Morgan fingerprint density at radius 3 is 2.37 bits per heavy atom. The number of rotatable bonds is 4. The molecule has 0 radical (unpaired) electrons. The monoisotopic (exact) mass is 270 g/mol. The summed E-state index contributed by atoms with van der Waals surface area (Å²) in [6.07, 6.45) is 1.76. The molecule has 1 aromatic heterocycles. The van der Waals surface area contributed by atoms with Gasteiger partial charge >= 0.3 is 8.32 Å². The third kappa shape index (κ3) is 3.51. The Hall–Kier alpha value is -1.94. The first kappa shape index (κ1) is 13.5. The van der Waals surface area contributed by atoms with Gasteiger partial charge in [0.25, 0.3) is 0 Å². The number of pyridine rings is 1. The third-order valence-corrected chi connectivity index (χ3v) is 5.19. The van der Waals surface area contributed by atoms with Gasteiger partial charge in [0.05, 0.1) is 5.69 Å². The second kappa shape index (κ2) is 5.80. The topological polar surface area (TPSA) is 34.5 Å². The normalized spacial score (nSPS) is 12.3. The zero-order valence-corrected chi connectivity index (χ0v) is 12.5. The number of nitrogens with zero attached hydrogens (tertiary/aromatic N) is 2. The summed E-state index contributed by atoms with van der Waals surface area (Å²) in [4.78, 5) is 4.26. The zero-order valence-electron chi connectivity index (χ0n) is 11.5. The Morgan fingerprint density at radius 2 is 1.74 bits per heavy atom. The van der Waals surface area contributed by atoms with E-state index in [1.165, 1.54) is 5.19 Å². The molecule has 0 amide bonds. The molecule has 0 bridgehead atoms. The number of benzene rings is 1. The van der Waals surface area contributed by atoms with Gasteiger partial charge < -0.3 is 4.53 Å². The largest absolute Gasteiger partial charge is 0.449 e. The summed E-state index contributed by atoms with van der Waals surface area (Å²) in [5, 5.41) is 5.49. The van der Waals surface area contributed by atoms with E-state index in [0.717, 1.165) is 11.4 Å². The smallest absolute Gasteiger partial charge is 0.312 e. The molecular weight excluding hydrogens is 252 g/mol. The van der Waals surface area contributed by atoms with Crippen molar-refractivity contribution in [3.8, 4) is 0 Å². The van der Waals surface area contributed by atoms with E-state index in [1.807, 2.05) is 43.3 Å². The highest BCUT2D eigenvalue weighted by Crippen LogP contribution is 2.07. The lowest BCUT2D eigenvalue weighted by Gasteiger charge is -2.20. The van der Waals surface area contributed by atoms with E-state index in [0.29, 0.717) is 0 Å². The van der Waals surface area contributed by atoms with Gasteiger partial charge in [0.2, 0.25) is 0 Å². The molecule has 0 unspecified atom stereocenters. The molecule has 0 aliphatic carbocycles. The lowest BCUT2D eigenvalue weighted by Crippen LogP contribution is -2.43. The van der Waals surface area contributed by atoms with Gasteiger partial charge in [-0.3, -0.25) is 4.98 Å². The summed E-state index contributed by atoms with van der Waals surface area (Å²) in [5.41, 5.74) is 1.65. The minimum atomic E-state index is -1.99. The molecule has 19 heavy (non-hydrogen) atoms. The molecule has 2 aromatic rings. The quantitative estimate of drug-likeness (QED) is 0.486. The standard InChI is InChI=1S/C15H18N2OSi/c1-13(15-11-7-8-12-16-15)17-18-19(2,3)14-9-5-4-6-10-14/h4-12H,1-3H3/b17-13+. The van der Waals surface area contributed by atoms with E-state index in [1.54, 1.807) is 6.20 Å². The van der Waals surface area contributed by atoms with Crippen molar-refractivity contribution in [2.45, 2.75) is 20.0 Å². The van der Waals surface area contributed by atoms with Crippen LogP contribution < -0.4 is 5.19 Å². The number of aromatic nitrogens is 1. The summed E-state index contributed by atoms with van der Waals surface area (Å²) in [6.45, 7) is 6.19. The molecule has 0 spiro atoms. The van der Waals surface area contributed by atoms with Crippen molar-refractivity contribution in [2.24, 2.45) is 5.16 Å². The molecule has 2 rings (SSSR count). The van der Waals surface area contributed by atoms with E-state index >= 15 is 0 Å². The SMILES string of the molecule is C/C(=N\O[Si](C)(C)c1ccccc1)c1ccccn1. The van der Waals surface area contributed by atoms with Crippen LogP contribution in [-0.2, 0) is 4.53 Å². The number of oxime groups is 1. The van der Waals surface area contributed by atoms with Crippen molar-refractivity contribution in [3.05, 3.63) is 60.4 Å². The van der Waals surface area contributed by atoms with Crippen LogP contribution in [0.3, 0.4) is 0 Å². The van der Waals surface area contributed by atoms with Crippen molar-refractivity contribution in [1.29, 1.82) is 0 Å². The van der Waals surface area contributed by atoms with Gasteiger partial charge in [-0.05, 0) is 37.3 Å². The van der Waals surface area contributed by atoms with E-state index in [-0.39, 0.29) is 0 Å². The number of hydrogen-bond acceptors (Lipinski definition) is 3. The molecule has 4 heteroatoms. The summed E-state index contributed by atoms with van der Waals surface area (Å²) in [6, 6.07) is 16.0. The molecule has 0 atom stereocenters. The lowest BCUT2D eigenvalue weighted by atomic mass is 10.3. The highest BCUT2D eigenvalue weighted by atomic mass is 28.4. The maximum atomic E-state index is 5.82. The Morgan fingerprint density at radius 1 is 1.05 bits per heavy atom. The average molecular weight is 270 g/mol. The molecule has 1 heterocycles. The minimum absolute atomic E-state index is 0.803. The van der Waals surface area contributed by atoms with Crippen LogP contribution in [0.15, 0.2) is 59.9 Å². The maximum Gasteiger partial charge on any atom is 0.312 e. The van der Waals surface area contributed by atoms with E-state index in [2.05, 4.69) is 35.4 Å². The molecule has 3 nitrogen and oxygen atoms in total. The fourth-order valence-electron chi connectivity index (χ4n) is 1.70. The molecule has 0 aliphatic heterocycles. The Bertz CT molecular complexity index is 553. The fraction of sp³-hybridized carbons (Fsp3) is 0.200. The van der Waals surface area contributed by atoms with Gasteiger partial charge in [0.1, 0.15) is 5.71 Å². The predicted octanol–water partition coefficient (Wildman–Crippen LogP) is 2.93. The van der Waals surface area contributed by atoms with Crippen molar-refractivity contribution < 1.29 is 4.53 Å². The van der Waals surface area contributed by atoms with Crippen LogP contribution in [0.1, 0.15) is 12.6 Å². The molecule has 1 aromatic carbocycles. The highest BCUT2D eigenvalue weighted by Gasteiger charge is 2.27. The van der Waals surface area contributed by atoms with Crippen molar-refractivity contribution in [3.63, 3.8) is 0 Å². The van der Waals surface area contributed by atoms with E-state index in [9.17, 15) is 0 Å². The summed E-state index contributed by atoms with van der Waals surface area (Å²) >= 11 is 0. The highest BCUT2D eigenvalue weighted by molar-refractivity contribution is 6.84. The van der Waals surface area contributed by atoms with Gasteiger partial charge in [0.15, 0.2) is 0 Å². The van der Waals surface area contributed by atoms with Gasteiger partial charge in [0, 0.05) is 6.20 Å². The molecule has 0 saturated carbocycles. The van der Waals surface area contributed by atoms with E-state index < -0.39 is 8.32 Å². The first-order valence-corrected chi connectivity index (χ1v) is 9.20. The van der Waals surface area contributed by atoms with Crippen molar-refractivity contribution >= 4 is 19.2 Å². The van der Waals surface area contributed by atoms with Crippen LogP contribution in [0.4, 0.5) is 0 Å². The summed E-state index contributed by atoms with van der Waals surface area (Å²) < 4.78 is 5.82. The maximum absolute atomic E-state index is 5.82. The second-order valence-electron chi connectivity index (χ2n) is 4.86. The second-order valence-corrected chi connectivity index (χ2v) is 8.64. The van der Waals surface area contributed by atoms with Gasteiger partial charge in [-0.25, -0.2) is 0 Å². The van der Waals surface area contributed by atoms with Crippen LogP contribution in [0, 0.1) is 0 Å². The molecule has 0 aliphatic rings. The molecule has 98 valence electrons. The zero-order chi connectivity index (χ0) is 13.7. The average Bonchev–Trinajstić information content (AvgIpc) is 2.47. The van der Waals surface area contributed by atoms with Crippen LogP contribution in [0.5, 0.6) is 0 Å². The van der Waals surface area contributed by atoms with Crippen LogP contribution in [0.2, 0.25) is 13.1 Å². The number of hydrogen-bond donors (Lipinski definition) is 0. The van der Waals surface area contributed by atoms with Crippen LogP contribution in [-0.4, -0.2) is 19.0 Å². The Kier molecular flexibility index (Phi) is 4.12. The summed E-state index contributed by atoms with van der Waals surface area (Å²) in [5.74, 6) is 0. The van der Waals surface area contributed by atoms with Gasteiger partial charge in [-0.2, -0.15) is 0 Å². The first-order valence-electron chi connectivity index (χ1n) is 6.29. The predicted molar refractivity (Wildman–Crippen MR) is 81.1 cm³/mol. The van der Waals surface area contributed by atoms with Gasteiger partial charge in [-0.15, -0.1) is 5.16 Å². The van der Waals surface area contributed by atoms with Gasteiger partial charge in [-0.1, -0.05) is 36.4 Å². The molecule has 0 N–H and O–H groups in total. The van der Waals surface area contributed by atoms with Crippen LogP contribution in [0.25, 0.3) is 0 Å². The summed E-state index contributed by atoms with van der Waals surface area (Å²) in [7, 11) is -1.99. The third-order valence-electron chi connectivity index (χ3n) is 2.92. The molecule has 0 saturated heterocycles.